The molecule has 0 saturated carbocycles. The van der Waals surface area contributed by atoms with E-state index in [2.05, 4.69) is 10.3 Å². The quantitative estimate of drug-likeness (QED) is 0.694. The van der Waals surface area contributed by atoms with Crippen molar-refractivity contribution in [1.82, 2.24) is 5.32 Å². The van der Waals surface area contributed by atoms with Gasteiger partial charge in [0, 0.05) is 10.6 Å². The first-order valence-corrected chi connectivity index (χ1v) is 9.22. The lowest BCUT2D eigenvalue weighted by Gasteiger charge is -2.12. The molecule has 1 saturated heterocycles. The van der Waals surface area contributed by atoms with Gasteiger partial charge >= 0.3 is 5.97 Å². The number of ether oxygens (including phenoxy) is 2. The van der Waals surface area contributed by atoms with Gasteiger partial charge in [-0.3, -0.25) is 4.79 Å². The number of hydrogen-bond acceptors (Lipinski definition) is 6. The van der Waals surface area contributed by atoms with Crippen LogP contribution in [0.2, 0.25) is 5.02 Å². The number of hydrogen-bond donors (Lipinski definition) is 2. The van der Waals surface area contributed by atoms with Crippen LogP contribution in [0.4, 0.5) is 5.69 Å². The highest BCUT2D eigenvalue weighted by Crippen LogP contribution is 2.35. The second-order valence-electron chi connectivity index (χ2n) is 5.52. The third kappa shape index (κ3) is 4.85. The molecule has 9 heteroatoms. The van der Waals surface area contributed by atoms with E-state index in [-0.39, 0.29) is 11.7 Å². The molecule has 2 N–H and O–H groups in total. The van der Waals surface area contributed by atoms with Crippen molar-refractivity contribution >= 4 is 52.2 Å². The van der Waals surface area contributed by atoms with Gasteiger partial charge in [-0.1, -0.05) is 23.7 Å². The molecule has 0 aromatic heterocycles. The molecule has 0 spiro atoms. The number of nitrogens with one attached hydrogen (secondary N) is 1. The van der Waals surface area contributed by atoms with Gasteiger partial charge < -0.3 is 19.9 Å². The Morgan fingerprint density at radius 2 is 2.04 bits per heavy atom. The van der Waals surface area contributed by atoms with Crippen LogP contribution in [-0.4, -0.2) is 35.9 Å². The van der Waals surface area contributed by atoms with Gasteiger partial charge in [0.05, 0.1) is 17.7 Å². The van der Waals surface area contributed by atoms with Crippen molar-refractivity contribution in [3.05, 3.63) is 58.0 Å². The molecule has 3 rings (SSSR count). The molecule has 1 aliphatic rings. The van der Waals surface area contributed by atoms with E-state index in [4.69, 9.17) is 26.2 Å². The SMILES string of the molecule is COc1cccc(/C=C2\SC(=Nc3ccc(Cl)cc3)NC2=O)c1OCC(=O)O. The molecule has 0 unspecified atom stereocenters. The smallest absolute Gasteiger partial charge is 0.341 e. The van der Waals surface area contributed by atoms with E-state index in [9.17, 15) is 9.59 Å². The molecule has 0 radical (unpaired) electrons. The van der Waals surface area contributed by atoms with Crippen LogP contribution in [0.3, 0.4) is 0 Å². The Morgan fingerprint density at radius 3 is 2.71 bits per heavy atom. The van der Waals surface area contributed by atoms with Crippen LogP contribution in [0.15, 0.2) is 52.4 Å². The van der Waals surface area contributed by atoms with E-state index in [1.165, 1.54) is 7.11 Å². The van der Waals surface area contributed by atoms with E-state index in [1.54, 1.807) is 48.5 Å². The summed E-state index contributed by atoms with van der Waals surface area (Å²) in [4.78, 5) is 27.9. The summed E-state index contributed by atoms with van der Waals surface area (Å²) >= 11 is 7.02. The van der Waals surface area contributed by atoms with Crippen molar-refractivity contribution in [2.75, 3.05) is 13.7 Å². The highest BCUT2D eigenvalue weighted by molar-refractivity contribution is 8.18. The summed E-state index contributed by atoms with van der Waals surface area (Å²) in [7, 11) is 1.45. The lowest BCUT2D eigenvalue weighted by molar-refractivity contribution is -0.139. The molecular weight excluding hydrogens is 404 g/mol. The van der Waals surface area contributed by atoms with Gasteiger partial charge in [-0.05, 0) is 48.2 Å². The number of carbonyl (C=O) groups excluding carboxylic acids is 1. The number of carboxylic acids is 1. The number of thioether (sulfide) groups is 1. The number of rotatable bonds is 6. The third-order valence-electron chi connectivity index (χ3n) is 3.56. The normalized spacial score (nSPS) is 16.3. The van der Waals surface area contributed by atoms with Crippen molar-refractivity contribution in [2.45, 2.75) is 0 Å². The van der Waals surface area contributed by atoms with Crippen LogP contribution in [0.1, 0.15) is 5.56 Å². The number of para-hydroxylation sites is 1. The van der Waals surface area contributed by atoms with Gasteiger partial charge in [0.25, 0.3) is 5.91 Å². The Hall–Kier alpha value is -2.97. The van der Waals surface area contributed by atoms with Crippen molar-refractivity contribution in [3.8, 4) is 11.5 Å². The zero-order chi connectivity index (χ0) is 20.1. The summed E-state index contributed by atoms with van der Waals surface area (Å²) in [6, 6.07) is 12.0. The standard InChI is InChI=1S/C19H15ClN2O5S/c1-26-14-4-2-3-11(17(14)27-10-16(23)24)9-15-18(25)22-19(28-15)21-13-7-5-12(20)6-8-13/h2-9H,10H2,1H3,(H,23,24)(H,21,22,25)/b15-9-. The van der Waals surface area contributed by atoms with E-state index in [0.29, 0.717) is 32.1 Å². The number of aliphatic carboxylic acids is 1. The zero-order valence-electron chi connectivity index (χ0n) is 14.6. The third-order valence-corrected chi connectivity index (χ3v) is 4.73. The minimum Gasteiger partial charge on any atom is -0.493 e. The predicted molar refractivity (Wildman–Crippen MR) is 108 cm³/mol. The van der Waals surface area contributed by atoms with Gasteiger partial charge in [0.15, 0.2) is 23.3 Å². The Kier molecular flexibility index (Phi) is 6.23. The number of carbonyl (C=O) groups is 2. The molecule has 0 aliphatic carbocycles. The Labute approximate surface area is 170 Å². The van der Waals surface area contributed by atoms with E-state index in [1.807, 2.05) is 0 Å². The summed E-state index contributed by atoms with van der Waals surface area (Å²) < 4.78 is 10.6. The fourth-order valence-corrected chi connectivity index (χ4v) is 3.31. The summed E-state index contributed by atoms with van der Waals surface area (Å²) in [5, 5.41) is 12.6. The predicted octanol–water partition coefficient (Wildman–Crippen LogP) is 3.70. The number of carboxylic acid groups (broad SMARTS) is 1. The summed E-state index contributed by atoms with van der Waals surface area (Å²) in [6.07, 6.45) is 1.60. The van der Waals surface area contributed by atoms with E-state index >= 15 is 0 Å². The maximum Gasteiger partial charge on any atom is 0.341 e. The first kappa shape index (κ1) is 19.8. The summed E-state index contributed by atoms with van der Waals surface area (Å²) in [6.45, 7) is -0.529. The van der Waals surface area contributed by atoms with Crippen LogP contribution in [0, 0.1) is 0 Å². The lowest BCUT2D eigenvalue weighted by Crippen LogP contribution is -2.19. The molecule has 1 heterocycles. The van der Waals surface area contributed by atoms with Crippen molar-refractivity contribution < 1.29 is 24.2 Å². The fourth-order valence-electron chi connectivity index (χ4n) is 2.35. The number of amides is 1. The number of halogens is 1. The highest BCUT2D eigenvalue weighted by atomic mass is 35.5. The molecule has 2 aromatic rings. The maximum atomic E-state index is 12.3. The van der Waals surface area contributed by atoms with Gasteiger partial charge in [-0.2, -0.15) is 0 Å². The molecule has 28 heavy (non-hydrogen) atoms. The largest absolute Gasteiger partial charge is 0.493 e. The second-order valence-corrected chi connectivity index (χ2v) is 6.99. The fraction of sp³-hybridized carbons (Fsp3) is 0.105. The number of benzene rings is 2. The van der Waals surface area contributed by atoms with Gasteiger partial charge in [0.2, 0.25) is 0 Å². The minimum atomic E-state index is -1.12. The monoisotopic (exact) mass is 418 g/mol. The van der Waals surface area contributed by atoms with E-state index < -0.39 is 12.6 Å². The average Bonchev–Trinajstić information content (AvgIpc) is 3.01. The van der Waals surface area contributed by atoms with Crippen molar-refractivity contribution in [1.29, 1.82) is 0 Å². The van der Waals surface area contributed by atoms with Crippen LogP contribution in [-0.2, 0) is 9.59 Å². The molecule has 0 atom stereocenters. The molecule has 1 fully saturated rings. The van der Waals surface area contributed by atoms with E-state index in [0.717, 1.165) is 11.8 Å². The first-order chi connectivity index (χ1) is 13.5. The Balaban J connectivity index is 1.88. The summed E-state index contributed by atoms with van der Waals surface area (Å²) in [5.74, 6) is -0.815. The van der Waals surface area contributed by atoms with Crippen LogP contribution in [0.5, 0.6) is 11.5 Å². The van der Waals surface area contributed by atoms with Crippen LogP contribution in [0.25, 0.3) is 6.08 Å². The average molecular weight is 419 g/mol. The van der Waals surface area contributed by atoms with Crippen molar-refractivity contribution in [3.63, 3.8) is 0 Å². The first-order valence-electron chi connectivity index (χ1n) is 8.03. The molecular formula is C19H15ClN2O5S. The molecule has 144 valence electrons. The number of methoxy groups -OCH3 is 1. The molecule has 0 bridgehead atoms. The van der Waals surface area contributed by atoms with Gasteiger partial charge in [-0.15, -0.1) is 0 Å². The Bertz CT molecular complexity index is 973. The zero-order valence-corrected chi connectivity index (χ0v) is 16.2. The van der Waals surface area contributed by atoms with Crippen molar-refractivity contribution in [2.24, 2.45) is 4.99 Å². The van der Waals surface area contributed by atoms with Gasteiger partial charge in [0.1, 0.15) is 0 Å². The number of nitrogens with zero attached hydrogens (tertiary/aromatic N) is 1. The van der Waals surface area contributed by atoms with Crippen LogP contribution < -0.4 is 14.8 Å². The molecule has 1 amide bonds. The highest BCUT2D eigenvalue weighted by Gasteiger charge is 2.25. The Morgan fingerprint density at radius 1 is 1.29 bits per heavy atom. The summed E-state index contributed by atoms with van der Waals surface area (Å²) in [5.41, 5.74) is 1.17. The number of aliphatic imine (C=N–C) groups is 1. The van der Waals surface area contributed by atoms with Crippen LogP contribution >= 0.6 is 23.4 Å². The second kappa shape index (κ2) is 8.81. The van der Waals surface area contributed by atoms with Gasteiger partial charge in [-0.25, -0.2) is 9.79 Å². The molecule has 1 aliphatic heterocycles. The topological polar surface area (TPSA) is 97.2 Å². The lowest BCUT2D eigenvalue weighted by atomic mass is 10.1. The molecule has 2 aromatic carbocycles. The molecule has 7 nitrogen and oxygen atoms in total. The maximum absolute atomic E-state index is 12.3. The number of amidine groups is 1. The minimum absolute atomic E-state index is 0.247.